The number of hydrogen-bond acceptors (Lipinski definition) is 4. The van der Waals surface area contributed by atoms with Gasteiger partial charge in [-0.2, -0.15) is 5.26 Å². The molecule has 1 aromatic heterocycles. The SMILES string of the molecule is CCNc1cccc(CN(CCC#N)C(C)C)n1. The number of rotatable bonds is 7. The van der Waals surface area contributed by atoms with Crippen LogP contribution in [0.3, 0.4) is 0 Å². The fraction of sp³-hybridized carbons (Fsp3) is 0.571. The number of hydrogen-bond donors (Lipinski definition) is 1. The van der Waals surface area contributed by atoms with Crippen LogP contribution in [0, 0.1) is 11.3 Å². The Bertz CT molecular complexity index is 395. The van der Waals surface area contributed by atoms with Gasteiger partial charge in [-0.3, -0.25) is 4.90 Å². The van der Waals surface area contributed by atoms with Crippen molar-refractivity contribution in [2.45, 2.75) is 39.8 Å². The van der Waals surface area contributed by atoms with Crippen molar-refractivity contribution in [2.75, 3.05) is 18.4 Å². The van der Waals surface area contributed by atoms with Gasteiger partial charge in [-0.05, 0) is 32.9 Å². The normalized spacial score (nSPS) is 10.7. The number of pyridine rings is 1. The van der Waals surface area contributed by atoms with Gasteiger partial charge in [0.1, 0.15) is 5.82 Å². The maximum atomic E-state index is 8.67. The zero-order valence-electron chi connectivity index (χ0n) is 11.5. The second-order valence-electron chi connectivity index (χ2n) is 4.52. The molecule has 0 saturated heterocycles. The molecule has 0 fully saturated rings. The summed E-state index contributed by atoms with van der Waals surface area (Å²) in [5.41, 5.74) is 1.04. The van der Waals surface area contributed by atoms with Crippen molar-refractivity contribution in [1.29, 1.82) is 5.26 Å². The predicted molar refractivity (Wildman–Crippen MR) is 74.2 cm³/mol. The molecule has 0 aliphatic carbocycles. The van der Waals surface area contributed by atoms with Crippen molar-refractivity contribution in [1.82, 2.24) is 9.88 Å². The Balaban J connectivity index is 2.68. The minimum Gasteiger partial charge on any atom is -0.370 e. The third kappa shape index (κ3) is 4.72. The van der Waals surface area contributed by atoms with E-state index in [1.165, 1.54) is 0 Å². The topological polar surface area (TPSA) is 52.0 Å². The van der Waals surface area contributed by atoms with Gasteiger partial charge in [-0.1, -0.05) is 6.07 Å². The molecule has 0 radical (unpaired) electrons. The Morgan fingerprint density at radius 2 is 2.22 bits per heavy atom. The highest BCUT2D eigenvalue weighted by atomic mass is 15.2. The molecule has 0 bridgehead atoms. The number of nitrogens with one attached hydrogen (secondary N) is 1. The van der Waals surface area contributed by atoms with Crippen molar-refractivity contribution >= 4 is 5.82 Å². The van der Waals surface area contributed by atoms with E-state index in [0.717, 1.165) is 31.1 Å². The summed E-state index contributed by atoms with van der Waals surface area (Å²) in [6.45, 7) is 8.80. The molecule has 0 spiro atoms. The van der Waals surface area contributed by atoms with Crippen LogP contribution in [-0.4, -0.2) is 29.0 Å². The summed E-state index contributed by atoms with van der Waals surface area (Å²) >= 11 is 0. The molecule has 1 aromatic rings. The largest absolute Gasteiger partial charge is 0.370 e. The molecular formula is C14H22N4. The monoisotopic (exact) mass is 246 g/mol. The van der Waals surface area contributed by atoms with Crippen LogP contribution in [-0.2, 0) is 6.54 Å². The number of anilines is 1. The minimum absolute atomic E-state index is 0.419. The van der Waals surface area contributed by atoms with E-state index in [4.69, 9.17) is 5.26 Å². The molecule has 1 rings (SSSR count). The van der Waals surface area contributed by atoms with Gasteiger partial charge in [0.05, 0.1) is 11.8 Å². The maximum Gasteiger partial charge on any atom is 0.126 e. The highest BCUT2D eigenvalue weighted by Crippen LogP contribution is 2.10. The van der Waals surface area contributed by atoms with E-state index >= 15 is 0 Å². The lowest BCUT2D eigenvalue weighted by atomic mass is 10.2. The Morgan fingerprint density at radius 1 is 1.44 bits per heavy atom. The second-order valence-corrected chi connectivity index (χ2v) is 4.52. The number of aromatic nitrogens is 1. The fourth-order valence-corrected chi connectivity index (χ4v) is 1.77. The molecule has 98 valence electrons. The molecule has 0 unspecified atom stereocenters. The quantitative estimate of drug-likeness (QED) is 0.803. The fourth-order valence-electron chi connectivity index (χ4n) is 1.77. The van der Waals surface area contributed by atoms with Gasteiger partial charge < -0.3 is 5.32 Å². The molecule has 0 saturated carbocycles. The highest BCUT2D eigenvalue weighted by molar-refractivity contribution is 5.34. The van der Waals surface area contributed by atoms with Crippen molar-refractivity contribution in [3.8, 4) is 6.07 Å². The summed E-state index contributed by atoms with van der Waals surface area (Å²) in [6, 6.07) is 8.64. The van der Waals surface area contributed by atoms with Gasteiger partial charge in [0.2, 0.25) is 0 Å². The van der Waals surface area contributed by atoms with E-state index in [2.05, 4.69) is 42.0 Å². The average molecular weight is 246 g/mol. The van der Waals surface area contributed by atoms with Gasteiger partial charge in [-0.15, -0.1) is 0 Å². The van der Waals surface area contributed by atoms with Crippen LogP contribution in [0.1, 0.15) is 32.9 Å². The van der Waals surface area contributed by atoms with Crippen molar-refractivity contribution in [3.05, 3.63) is 23.9 Å². The Kier molecular flexibility index (Phi) is 6.16. The summed E-state index contributed by atoms with van der Waals surface area (Å²) in [6.07, 6.45) is 0.561. The van der Waals surface area contributed by atoms with E-state index < -0.39 is 0 Å². The van der Waals surface area contributed by atoms with Crippen molar-refractivity contribution in [3.63, 3.8) is 0 Å². The Hall–Kier alpha value is -1.60. The molecule has 0 amide bonds. The van der Waals surface area contributed by atoms with E-state index in [1.54, 1.807) is 0 Å². The molecule has 0 aromatic carbocycles. The molecular weight excluding hydrogens is 224 g/mol. The van der Waals surface area contributed by atoms with Crippen LogP contribution >= 0.6 is 0 Å². The Morgan fingerprint density at radius 3 is 2.83 bits per heavy atom. The summed E-state index contributed by atoms with van der Waals surface area (Å²) in [4.78, 5) is 6.82. The highest BCUT2D eigenvalue weighted by Gasteiger charge is 2.10. The molecule has 18 heavy (non-hydrogen) atoms. The predicted octanol–water partition coefficient (Wildman–Crippen LogP) is 2.64. The molecule has 0 aliphatic heterocycles. The third-order valence-electron chi connectivity index (χ3n) is 2.77. The summed E-state index contributed by atoms with van der Waals surface area (Å²) in [7, 11) is 0. The third-order valence-corrected chi connectivity index (χ3v) is 2.77. The van der Waals surface area contributed by atoms with Gasteiger partial charge >= 0.3 is 0 Å². The number of nitriles is 1. The lowest BCUT2D eigenvalue weighted by molar-refractivity contribution is 0.215. The van der Waals surface area contributed by atoms with Crippen molar-refractivity contribution < 1.29 is 0 Å². The van der Waals surface area contributed by atoms with Crippen LogP contribution in [0.4, 0.5) is 5.82 Å². The van der Waals surface area contributed by atoms with Gasteiger partial charge in [0, 0.05) is 32.1 Å². The van der Waals surface area contributed by atoms with Crippen LogP contribution in [0.2, 0.25) is 0 Å². The van der Waals surface area contributed by atoms with Gasteiger partial charge in [-0.25, -0.2) is 4.98 Å². The van der Waals surface area contributed by atoms with E-state index in [9.17, 15) is 0 Å². The smallest absolute Gasteiger partial charge is 0.126 e. The average Bonchev–Trinajstić information content (AvgIpc) is 2.35. The lowest BCUT2D eigenvalue weighted by Gasteiger charge is -2.25. The van der Waals surface area contributed by atoms with Crippen LogP contribution in [0.25, 0.3) is 0 Å². The molecule has 1 heterocycles. The molecule has 4 heteroatoms. The number of nitrogens with zero attached hydrogens (tertiary/aromatic N) is 3. The van der Waals surface area contributed by atoms with Crippen LogP contribution in [0.15, 0.2) is 18.2 Å². The first-order valence-electron chi connectivity index (χ1n) is 6.48. The molecule has 1 N–H and O–H groups in total. The first kappa shape index (κ1) is 14.5. The lowest BCUT2D eigenvalue weighted by Crippen LogP contribution is -2.31. The minimum atomic E-state index is 0.419. The van der Waals surface area contributed by atoms with E-state index in [0.29, 0.717) is 12.5 Å². The zero-order chi connectivity index (χ0) is 13.4. The summed E-state index contributed by atoms with van der Waals surface area (Å²) in [5.74, 6) is 0.916. The summed E-state index contributed by atoms with van der Waals surface area (Å²) in [5, 5.41) is 11.9. The van der Waals surface area contributed by atoms with Gasteiger partial charge in [0.25, 0.3) is 0 Å². The second kappa shape index (κ2) is 7.67. The molecule has 4 nitrogen and oxygen atoms in total. The first-order valence-corrected chi connectivity index (χ1v) is 6.48. The summed E-state index contributed by atoms with van der Waals surface area (Å²) < 4.78 is 0. The maximum absolute atomic E-state index is 8.67. The standard InChI is InChI=1S/C14H22N4/c1-4-16-14-8-5-7-13(17-14)11-18(12(2)3)10-6-9-15/h5,7-8,12H,4,6,10-11H2,1-3H3,(H,16,17). The molecule has 0 atom stereocenters. The zero-order valence-corrected chi connectivity index (χ0v) is 11.5. The van der Waals surface area contributed by atoms with Gasteiger partial charge in [0.15, 0.2) is 0 Å². The van der Waals surface area contributed by atoms with E-state index in [-0.39, 0.29) is 0 Å². The molecule has 0 aliphatic rings. The van der Waals surface area contributed by atoms with Crippen molar-refractivity contribution in [2.24, 2.45) is 0 Å². The Labute approximate surface area is 110 Å². The first-order chi connectivity index (χ1) is 8.67. The van der Waals surface area contributed by atoms with Crippen LogP contribution in [0.5, 0.6) is 0 Å². The van der Waals surface area contributed by atoms with E-state index in [1.807, 2.05) is 18.2 Å². The van der Waals surface area contributed by atoms with Crippen LogP contribution < -0.4 is 5.32 Å².